The van der Waals surface area contributed by atoms with Gasteiger partial charge < -0.3 is 15.4 Å². The van der Waals surface area contributed by atoms with Crippen molar-refractivity contribution in [2.75, 3.05) is 25.5 Å². The molecule has 1 atom stereocenters. The maximum Gasteiger partial charge on any atom is 0.243 e. The van der Waals surface area contributed by atoms with Gasteiger partial charge in [-0.2, -0.15) is 0 Å². The third kappa shape index (κ3) is 6.39. The molecule has 0 saturated heterocycles. The zero-order valence-electron chi connectivity index (χ0n) is 18.0. The number of methoxy groups -OCH3 is 1. The van der Waals surface area contributed by atoms with Crippen molar-refractivity contribution < 1.29 is 18.7 Å². The average Bonchev–Trinajstić information content (AvgIpc) is 2.80. The molecule has 0 aliphatic heterocycles. The van der Waals surface area contributed by atoms with Crippen LogP contribution >= 0.6 is 0 Å². The van der Waals surface area contributed by atoms with Crippen LogP contribution in [-0.4, -0.2) is 32.0 Å². The van der Waals surface area contributed by atoms with E-state index >= 15 is 0 Å². The Morgan fingerprint density at radius 2 is 1.59 bits per heavy atom. The molecule has 0 aliphatic rings. The van der Waals surface area contributed by atoms with Gasteiger partial charge in [0.15, 0.2) is 0 Å². The number of ether oxygens (including phenoxy) is 1. The van der Waals surface area contributed by atoms with Crippen LogP contribution in [0.5, 0.6) is 5.75 Å². The lowest BCUT2D eigenvalue weighted by atomic mass is 9.98. The van der Waals surface area contributed by atoms with E-state index in [0.717, 1.165) is 16.7 Å². The second-order valence-corrected chi connectivity index (χ2v) is 7.30. The summed E-state index contributed by atoms with van der Waals surface area (Å²) in [5.74, 6) is -0.476. The predicted octanol–water partition coefficient (Wildman–Crippen LogP) is 3.58. The highest BCUT2D eigenvalue weighted by atomic mass is 19.1. The van der Waals surface area contributed by atoms with Gasteiger partial charge in [-0.3, -0.25) is 14.9 Å². The highest BCUT2D eigenvalue weighted by Gasteiger charge is 2.16. The van der Waals surface area contributed by atoms with Crippen molar-refractivity contribution in [3.05, 3.63) is 95.3 Å². The van der Waals surface area contributed by atoms with Crippen molar-refractivity contribution in [3.63, 3.8) is 0 Å². The number of hydrogen-bond acceptors (Lipinski definition) is 4. The summed E-state index contributed by atoms with van der Waals surface area (Å²) in [4.78, 5) is 24.6. The van der Waals surface area contributed by atoms with E-state index in [1.165, 1.54) is 19.2 Å². The Bertz CT molecular complexity index is 1060. The largest absolute Gasteiger partial charge is 0.495 e. The lowest BCUT2D eigenvalue weighted by Gasteiger charge is -2.20. The monoisotopic (exact) mass is 435 g/mol. The second kappa shape index (κ2) is 11.1. The normalized spacial score (nSPS) is 11.5. The maximum absolute atomic E-state index is 13.3. The van der Waals surface area contributed by atoms with E-state index in [-0.39, 0.29) is 36.8 Å². The summed E-state index contributed by atoms with van der Waals surface area (Å²) in [5.41, 5.74) is 3.29. The van der Waals surface area contributed by atoms with Gasteiger partial charge in [-0.25, -0.2) is 4.39 Å². The number of hydrogen-bond donors (Lipinski definition) is 3. The zero-order valence-corrected chi connectivity index (χ0v) is 18.0. The maximum atomic E-state index is 13.3. The van der Waals surface area contributed by atoms with Gasteiger partial charge in [0.25, 0.3) is 0 Å². The Morgan fingerprint density at radius 1 is 0.906 bits per heavy atom. The van der Waals surface area contributed by atoms with Gasteiger partial charge in [-0.05, 0) is 47.9 Å². The molecule has 3 aromatic rings. The quantitative estimate of drug-likeness (QED) is 0.480. The fraction of sp³-hybridized carbons (Fsp3) is 0.200. The molecule has 3 aromatic carbocycles. The summed E-state index contributed by atoms with van der Waals surface area (Å²) in [6.07, 6.45) is 0. The number of nitrogens with one attached hydrogen (secondary N) is 3. The van der Waals surface area contributed by atoms with Crippen LogP contribution in [0.2, 0.25) is 0 Å². The number of rotatable bonds is 9. The third-order valence-corrected chi connectivity index (χ3v) is 4.88. The van der Waals surface area contributed by atoms with Crippen molar-refractivity contribution in [2.24, 2.45) is 0 Å². The molecular weight excluding hydrogens is 409 g/mol. The third-order valence-electron chi connectivity index (χ3n) is 4.88. The first-order valence-corrected chi connectivity index (χ1v) is 10.2. The van der Waals surface area contributed by atoms with Gasteiger partial charge in [0.05, 0.1) is 31.9 Å². The van der Waals surface area contributed by atoms with Gasteiger partial charge in [0.2, 0.25) is 11.8 Å². The molecule has 0 spiro atoms. The average molecular weight is 435 g/mol. The van der Waals surface area contributed by atoms with Crippen LogP contribution < -0.4 is 20.7 Å². The summed E-state index contributed by atoms with van der Waals surface area (Å²) in [5, 5.41) is 8.54. The van der Waals surface area contributed by atoms with E-state index in [0.29, 0.717) is 11.4 Å². The summed E-state index contributed by atoms with van der Waals surface area (Å²) in [6.45, 7) is 1.72. The van der Waals surface area contributed by atoms with Crippen molar-refractivity contribution in [3.8, 4) is 5.75 Å². The smallest absolute Gasteiger partial charge is 0.243 e. The van der Waals surface area contributed by atoms with Crippen LogP contribution in [0.15, 0.2) is 72.8 Å². The van der Waals surface area contributed by atoms with Crippen LogP contribution in [0.25, 0.3) is 0 Å². The number of amides is 2. The molecule has 0 saturated carbocycles. The molecule has 3 rings (SSSR count). The highest BCUT2D eigenvalue weighted by Crippen LogP contribution is 2.25. The van der Waals surface area contributed by atoms with Gasteiger partial charge >= 0.3 is 0 Å². The van der Waals surface area contributed by atoms with Crippen molar-refractivity contribution in [2.45, 2.75) is 13.0 Å². The van der Waals surface area contributed by atoms with Crippen molar-refractivity contribution in [1.29, 1.82) is 0 Å². The minimum atomic E-state index is -0.361. The number of carbonyl (C=O) groups is 2. The lowest BCUT2D eigenvalue weighted by molar-refractivity contribution is -0.123. The summed E-state index contributed by atoms with van der Waals surface area (Å²) < 4.78 is 18.6. The molecule has 1 unspecified atom stereocenters. The van der Waals surface area contributed by atoms with E-state index in [1.807, 2.05) is 43.3 Å². The second-order valence-electron chi connectivity index (χ2n) is 7.30. The van der Waals surface area contributed by atoms with E-state index in [1.54, 1.807) is 24.3 Å². The first kappa shape index (κ1) is 23.0. The molecule has 0 radical (unpaired) electrons. The molecule has 2 amide bonds. The Hall–Kier alpha value is -3.71. The van der Waals surface area contributed by atoms with Crippen molar-refractivity contribution in [1.82, 2.24) is 10.6 Å². The standard InChI is InChI=1S/C25H26FN3O3/c1-17-8-13-22(32-2)21(14-17)29-24(31)16-27-23(30)15-28-25(18-6-4-3-5-7-18)19-9-11-20(26)12-10-19/h3-14,25,28H,15-16H2,1-2H3,(H,27,30)(H,29,31). The molecule has 0 aromatic heterocycles. The topological polar surface area (TPSA) is 79.5 Å². The molecule has 32 heavy (non-hydrogen) atoms. The first-order valence-electron chi connectivity index (χ1n) is 10.2. The minimum absolute atomic E-state index is 0.0159. The van der Waals surface area contributed by atoms with Crippen LogP contribution in [0.3, 0.4) is 0 Å². The van der Waals surface area contributed by atoms with Crippen LogP contribution in [0, 0.1) is 12.7 Å². The van der Waals surface area contributed by atoms with Gasteiger partial charge in [-0.1, -0.05) is 48.5 Å². The fourth-order valence-corrected chi connectivity index (χ4v) is 3.28. The number of carbonyl (C=O) groups excluding carboxylic acids is 2. The molecule has 3 N–H and O–H groups in total. The molecule has 0 fully saturated rings. The van der Waals surface area contributed by atoms with E-state index in [4.69, 9.17) is 4.74 Å². The summed E-state index contributed by atoms with van der Waals surface area (Å²) in [7, 11) is 1.53. The molecule has 6 nitrogen and oxygen atoms in total. The molecular formula is C25H26FN3O3. The van der Waals surface area contributed by atoms with Crippen molar-refractivity contribution >= 4 is 17.5 Å². The van der Waals surface area contributed by atoms with E-state index in [2.05, 4.69) is 16.0 Å². The Kier molecular flexibility index (Phi) is 7.94. The van der Waals surface area contributed by atoms with E-state index in [9.17, 15) is 14.0 Å². The minimum Gasteiger partial charge on any atom is -0.495 e. The summed E-state index contributed by atoms with van der Waals surface area (Å²) >= 11 is 0. The van der Waals surface area contributed by atoms with Crippen LogP contribution in [0.1, 0.15) is 22.7 Å². The summed E-state index contributed by atoms with van der Waals surface area (Å²) in [6, 6.07) is 20.9. The zero-order chi connectivity index (χ0) is 22.9. The molecule has 0 bridgehead atoms. The number of benzene rings is 3. The molecule has 7 heteroatoms. The Labute approximate surface area is 186 Å². The van der Waals surface area contributed by atoms with Crippen LogP contribution in [0.4, 0.5) is 10.1 Å². The van der Waals surface area contributed by atoms with Crippen LogP contribution in [-0.2, 0) is 9.59 Å². The number of halogens is 1. The molecule has 0 aliphatic carbocycles. The predicted molar refractivity (Wildman–Crippen MR) is 122 cm³/mol. The first-order chi connectivity index (χ1) is 15.5. The number of anilines is 1. The highest BCUT2D eigenvalue weighted by molar-refractivity contribution is 5.96. The molecule has 0 heterocycles. The number of aryl methyl sites for hydroxylation is 1. The van der Waals surface area contributed by atoms with Gasteiger partial charge in [0, 0.05) is 0 Å². The van der Waals surface area contributed by atoms with Gasteiger partial charge in [-0.15, -0.1) is 0 Å². The van der Waals surface area contributed by atoms with Gasteiger partial charge in [0.1, 0.15) is 11.6 Å². The van der Waals surface area contributed by atoms with E-state index < -0.39 is 0 Å². The SMILES string of the molecule is COc1ccc(C)cc1NC(=O)CNC(=O)CNC(c1ccccc1)c1ccc(F)cc1. The Balaban J connectivity index is 1.57. The lowest BCUT2D eigenvalue weighted by Crippen LogP contribution is -2.39. The fourth-order valence-electron chi connectivity index (χ4n) is 3.28. The Morgan fingerprint density at radius 3 is 2.28 bits per heavy atom. The molecule has 166 valence electrons.